The number of hydrogen-bond donors (Lipinski definition) is 0. The minimum absolute atomic E-state index is 0.139. The lowest BCUT2D eigenvalue weighted by molar-refractivity contribution is -0.154. The normalized spacial score (nSPS) is 19.8. The third-order valence-corrected chi connectivity index (χ3v) is 4.19. The number of benzene rings is 1. The lowest BCUT2D eigenvalue weighted by Crippen LogP contribution is -2.34. The van der Waals surface area contributed by atoms with Crippen molar-refractivity contribution in [3.63, 3.8) is 0 Å². The van der Waals surface area contributed by atoms with Gasteiger partial charge in [-0.05, 0) is 24.6 Å². The van der Waals surface area contributed by atoms with Crippen LogP contribution >= 0.6 is 0 Å². The topological polar surface area (TPSA) is 77.8 Å². The molecule has 1 aromatic heterocycles. The number of imide groups is 1. The third kappa shape index (κ3) is 3.52. The van der Waals surface area contributed by atoms with Crippen LogP contribution in [0.25, 0.3) is 0 Å². The summed E-state index contributed by atoms with van der Waals surface area (Å²) < 4.78 is 12.1. The molecule has 2 atom stereocenters. The van der Waals surface area contributed by atoms with Gasteiger partial charge < -0.3 is 14.0 Å². The van der Waals surface area contributed by atoms with Crippen molar-refractivity contribution in [2.75, 3.05) is 13.3 Å². The number of rotatable bonds is 7. The van der Waals surface area contributed by atoms with E-state index in [0.717, 1.165) is 10.5 Å². The van der Waals surface area contributed by atoms with E-state index in [1.54, 1.807) is 36.0 Å². The number of carbonyl (C=O) groups is 3. The standard InChI is InChI=1S/C19H20N2O5/c1-2-26-19(24)15-16(20-10-6-7-11-20)18(23)21(17(15)22)13-25-12-14-8-4-3-5-9-14/h3-11,15-16H,2,12-13H2,1H3/t15-,16-/m1/s1. The van der Waals surface area contributed by atoms with Crippen LogP contribution in [0, 0.1) is 5.92 Å². The van der Waals surface area contributed by atoms with Gasteiger partial charge in [0.15, 0.2) is 5.92 Å². The number of amides is 2. The fourth-order valence-electron chi connectivity index (χ4n) is 2.96. The van der Waals surface area contributed by atoms with Crippen LogP contribution in [0.3, 0.4) is 0 Å². The van der Waals surface area contributed by atoms with Crippen LogP contribution in [0.15, 0.2) is 54.9 Å². The van der Waals surface area contributed by atoms with E-state index in [9.17, 15) is 14.4 Å². The van der Waals surface area contributed by atoms with E-state index in [4.69, 9.17) is 9.47 Å². The minimum Gasteiger partial charge on any atom is -0.465 e. The number of carbonyl (C=O) groups excluding carboxylic acids is 3. The van der Waals surface area contributed by atoms with Gasteiger partial charge >= 0.3 is 5.97 Å². The molecule has 1 fully saturated rings. The molecule has 2 aromatic rings. The Morgan fingerprint density at radius 2 is 1.73 bits per heavy atom. The van der Waals surface area contributed by atoms with Crippen molar-refractivity contribution in [1.82, 2.24) is 9.47 Å². The molecule has 0 aliphatic carbocycles. The highest BCUT2D eigenvalue weighted by Crippen LogP contribution is 2.32. The van der Waals surface area contributed by atoms with E-state index >= 15 is 0 Å². The number of esters is 1. The summed E-state index contributed by atoms with van der Waals surface area (Å²) in [6.07, 6.45) is 3.30. The van der Waals surface area contributed by atoms with Gasteiger partial charge in [0.1, 0.15) is 12.8 Å². The first kappa shape index (κ1) is 17.9. The maximum atomic E-state index is 12.8. The Morgan fingerprint density at radius 3 is 2.38 bits per heavy atom. The van der Waals surface area contributed by atoms with Crippen molar-refractivity contribution in [3.8, 4) is 0 Å². The van der Waals surface area contributed by atoms with Gasteiger partial charge in [-0.1, -0.05) is 30.3 Å². The molecular weight excluding hydrogens is 336 g/mol. The molecular formula is C19H20N2O5. The predicted octanol–water partition coefficient (Wildman–Crippen LogP) is 1.75. The lowest BCUT2D eigenvalue weighted by Gasteiger charge is -2.16. The largest absolute Gasteiger partial charge is 0.465 e. The summed E-state index contributed by atoms with van der Waals surface area (Å²) in [7, 11) is 0. The fraction of sp³-hybridized carbons (Fsp3) is 0.316. The SMILES string of the molecule is CCOC(=O)[C@H]1C(=O)N(COCc2ccccc2)C(=O)[C@@H]1n1cccc1. The second-order valence-electron chi connectivity index (χ2n) is 5.87. The van der Waals surface area contributed by atoms with Crippen LogP contribution < -0.4 is 0 Å². The van der Waals surface area contributed by atoms with Gasteiger partial charge in [0.25, 0.3) is 5.91 Å². The Labute approximate surface area is 151 Å². The first-order chi connectivity index (χ1) is 12.6. The molecule has 136 valence electrons. The first-order valence-corrected chi connectivity index (χ1v) is 8.39. The zero-order valence-corrected chi connectivity index (χ0v) is 14.4. The molecule has 26 heavy (non-hydrogen) atoms. The van der Waals surface area contributed by atoms with E-state index in [-0.39, 0.29) is 19.9 Å². The predicted molar refractivity (Wildman–Crippen MR) is 91.5 cm³/mol. The Kier molecular flexibility index (Phi) is 5.48. The van der Waals surface area contributed by atoms with Crippen LogP contribution in [0.1, 0.15) is 18.5 Å². The van der Waals surface area contributed by atoms with E-state index in [0.29, 0.717) is 0 Å². The summed E-state index contributed by atoms with van der Waals surface area (Å²) in [5.74, 6) is -2.97. The van der Waals surface area contributed by atoms with Gasteiger partial charge in [0.2, 0.25) is 5.91 Å². The molecule has 2 amide bonds. The van der Waals surface area contributed by atoms with Crippen molar-refractivity contribution in [2.45, 2.75) is 19.6 Å². The third-order valence-electron chi connectivity index (χ3n) is 4.19. The highest BCUT2D eigenvalue weighted by atomic mass is 16.5. The number of aromatic nitrogens is 1. The van der Waals surface area contributed by atoms with Crippen LogP contribution in [0.5, 0.6) is 0 Å². The number of hydrogen-bond acceptors (Lipinski definition) is 5. The van der Waals surface area contributed by atoms with Crippen molar-refractivity contribution in [2.24, 2.45) is 5.92 Å². The Bertz CT molecular complexity index is 772. The highest BCUT2D eigenvalue weighted by Gasteiger charge is 2.53. The highest BCUT2D eigenvalue weighted by molar-refractivity contribution is 6.14. The number of ether oxygens (including phenoxy) is 2. The summed E-state index contributed by atoms with van der Waals surface area (Å²) in [6, 6.07) is 11.9. The maximum absolute atomic E-state index is 12.8. The molecule has 1 aromatic carbocycles. The summed E-state index contributed by atoms with van der Waals surface area (Å²) in [6.45, 7) is 1.85. The molecule has 3 rings (SSSR count). The van der Waals surface area contributed by atoms with Gasteiger partial charge in [-0.2, -0.15) is 0 Å². The molecule has 2 heterocycles. The average molecular weight is 356 g/mol. The zero-order chi connectivity index (χ0) is 18.5. The smallest absolute Gasteiger partial charge is 0.321 e. The second-order valence-corrected chi connectivity index (χ2v) is 5.87. The first-order valence-electron chi connectivity index (χ1n) is 8.39. The molecule has 0 saturated carbocycles. The van der Waals surface area contributed by atoms with Crippen LogP contribution in [-0.2, 0) is 30.5 Å². The maximum Gasteiger partial charge on any atom is 0.321 e. The number of likely N-dealkylation sites (tertiary alicyclic amines) is 1. The van der Waals surface area contributed by atoms with E-state index in [1.807, 2.05) is 30.3 Å². The summed E-state index contributed by atoms with van der Waals surface area (Å²) in [4.78, 5) is 38.7. The van der Waals surface area contributed by atoms with E-state index in [2.05, 4.69) is 0 Å². The Morgan fingerprint density at radius 1 is 1.04 bits per heavy atom. The minimum atomic E-state index is -1.20. The van der Waals surface area contributed by atoms with Gasteiger partial charge in [-0.15, -0.1) is 0 Å². The van der Waals surface area contributed by atoms with Crippen molar-refractivity contribution < 1.29 is 23.9 Å². The zero-order valence-electron chi connectivity index (χ0n) is 14.4. The molecule has 7 heteroatoms. The van der Waals surface area contributed by atoms with Crippen molar-refractivity contribution in [1.29, 1.82) is 0 Å². The average Bonchev–Trinajstić information content (AvgIpc) is 3.24. The molecule has 0 spiro atoms. The quantitative estimate of drug-likeness (QED) is 0.429. The molecule has 0 N–H and O–H groups in total. The summed E-state index contributed by atoms with van der Waals surface area (Å²) in [5.41, 5.74) is 0.926. The molecule has 1 aliphatic rings. The molecule has 1 saturated heterocycles. The van der Waals surface area contributed by atoms with Crippen LogP contribution in [0.4, 0.5) is 0 Å². The van der Waals surface area contributed by atoms with E-state index in [1.165, 1.54) is 0 Å². The second kappa shape index (κ2) is 7.97. The van der Waals surface area contributed by atoms with Crippen molar-refractivity contribution in [3.05, 3.63) is 60.4 Å². The lowest BCUT2D eigenvalue weighted by atomic mass is 10.0. The Balaban J connectivity index is 1.75. The monoisotopic (exact) mass is 356 g/mol. The van der Waals surface area contributed by atoms with Gasteiger partial charge in [-0.25, -0.2) is 0 Å². The van der Waals surface area contributed by atoms with Gasteiger partial charge in [0.05, 0.1) is 13.2 Å². The van der Waals surface area contributed by atoms with Gasteiger partial charge in [-0.3, -0.25) is 19.3 Å². The Hall–Kier alpha value is -2.93. The van der Waals surface area contributed by atoms with E-state index < -0.39 is 29.7 Å². The van der Waals surface area contributed by atoms with Crippen LogP contribution in [-0.4, -0.2) is 40.6 Å². The molecule has 0 unspecified atom stereocenters. The molecule has 0 bridgehead atoms. The van der Waals surface area contributed by atoms with Gasteiger partial charge in [0, 0.05) is 12.4 Å². The number of nitrogens with zero attached hydrogens (tertiary/aromatic N) is 2. The molecule has 7 nitrogen and oxygen atoms in total. The molecule has 0 radical (unpaired) electrons. The fourth-order valence-corrected chi connectivity index (χ4v) is 2.96. The molecule has 1 aliphatic heterocycles. The van der Waals surface area contributed by atoms with Crippen molar-refractivity contribution >= 4 is 17.8 Å². The summed E-state index contributed by atoms with van der Waals surface area (Å²) in [5, 5.41) is 0. The van der Waals surface area contributed by atoms with Crippen LogP contribution in [0.2, 0.25) is 0 Å². The summed E-state index contributed by atoms with van der Waals surface area (Å²) >= 11 is 0.